The second-order valence-electron chi connectivity index (χ2n) is 3.88. The van der Waals surface area contributed by atoms with E-state index in [0.29, 0.717) is 6.54 Å². The van der Waals surface area contributed by atoms with Crippen molar-refractivity contribution in [3.63, 3.8) is 0 Å². The average Bonchev–Trinajstić information content (AvgIpc) is 3.04. The zero-order chi connectivity index (χ0) is 12.4. The number of nitrogens with zero attached hydrogens (tertiary/aromatic N) is 4. The zero-order valence-electron chi connectivity index (χ0n) is 10.00. The van der Waals surface area contributed by atoms with Crippen LogP contribution >= 0.6 is 11.3 Å². The molecule has 3 heterocycles. The molecule has 0 spiro atoms. The number of hydrogen-bond donors (Lipinski definition) is 1. The lowest BCUT2D eigenvalue weighted by Gasteiger charge is -2.07. The van der Waals surface area contributed by atoms with E-state index < -0.39 is 0 Å². The Labute approximate surface area is 109 Å². The minimum atomic E-state index is 0.635. The zero-order valence-corrected chi connectivity index (χ0v) is 10.8. The molecule has 1 N–H and O–H groups in total. The van der Waals surface area contributed by atoms with Crippen molar-refractivity contribution in [1.82, 2.24) is 19.7 Å². The van der Waals surface area contributed by atoms with Crippen LogP contribution in [0.3, 0.4) is 0 Å². The van der Waals surface area contributed by atoms with Gasteiger partial charge in [-0.25, -0.2) is 4.98 Å². The van der Waals surface area contributed by atoms with Crippen molar-refractivity contribution in [2.45, 2.75) is 20.0 Å². The minimum Gasteiger partial charge on any atom is -0.362 e. The number of pyridine rings is 1. The fourth-order valence-electron chi connectivity index (χ4n) is 1.88. The van der Waals surface area contributed by atoms with Gasteiger partial charge < -0.3 is 9.88 Å². The number of anilines is 1. The van der Waals surface area contributed by atoms with Gasteiger partial charge in [0.25, 0.3) is 0 Å². The van der Waals surface area contributed by atoms with E-state index in [9.17, 15) is 0 Å². The first-order valence-corrected chi connectivity index (χ1v) is 6.69. The van der Waals surface area contributed by atoms with E-state index in [-0.39, 0.29) is 0 Å². The summed E-state index contributed by atoms with van der Waals surface area (Å²) < 4.78 is 3.25. The molecule has 0 aromatic carbocycles. The summed E-state index contributed by atoms with van der Waals surface area (Å²) in [6.07, 6.45) is 3.57. The summed E-state index contributed by atoms with van der Waals surface area (Å²) in [6.45, 7) is 3.58. The molecule has 0 saturated carbocycles. The molecule has 0 amide bonds. The maximum atomic E-state index is 4.37. The number of nitrogens with one attached hydrogen (secondary N) is 1. The van der Waals surface area contributed by atoms with Crippen LogP contribution in [0.15, 0.2) is 30.0 Å². The summed E-state index contributed by atoms with van der Waals surface area (Å²) in [5, 5.41) is 14.6. The minimum absolute atomic E-state index is 0.635. The van der Waals surface area contributed by atoms with Crippen molar-refractivity contribution in [2.24, 2.45) is 0 Å². The van der Waals surface area contributed by atoms with Gasteiger partial charge in [0.05, 0.1) is 6.54 Å². The van der Waals surface area contributed by atoms with Gasteiger partial charge in [-0.1, -0.05) is 0 Å². The third kappa shape index (κ3) is 1.95. The summed E-state index contributed by atoms with van der Waals surface area (Å²) in [5.74, 6) is 1.82. The predicted octanol–water partition coefficient (Wildman–Crippen LogP) is 2.52. The Kier molecular flexibility index (Phi) is 2.93. The molecule has 0 aliphatic carbocycles. The van der Waals surface area contributed by atoms with Crippen molar-refractivity contribution < 1.29 is 0 Å². The third-order valence-electron chi connectivity index (χ3n) is 2.83. The smallest absolute Gasteiger partial charge is 0.152 e. The van der Waals surface area contributed by atoms with Crippen LogP contribution in [0.25, 0.3) is 10.1 Å². The van der Waals surface area contributed by atoms with E-state index in [1.165, 1.54) is 4.70 Å². The van der Waals surface area contributed by atoms with E-state index in [0.717, 1.165) is 23.6 Å². The molecule has 18 heavy (non-hydrogen) atoms. The highest BCUT2D eigenvalue weighted by atomic mass is 32.1. The lowest BCUT2D eigenvalue weighted by Crippen LogP contribution is -2.08. The lowest BCUT2D eigenvalue weighted by atomic mass is 10.3. The molecule has 3 aromatic heterocycles. The molecule has 0 unspecified atom stereocenters. The third-order valence-corrected chi connectivity index (χ3v) is 3.71. The Hall–Kier alpha value is -1.95. The Morgan fingerprint density at radius 2 is 2.33 bits per heavy atom. The van der Waals surface area contributed by atoms with Crippen molar-refractivity contribution in [2.75, 3.05) is 5.32 Å². The topological polar surface area (TPSA) is 55.6 Å². The van der Waals surface area contributed by atoms with Crippen LogP contribution in [-0.4, -0.2) is 19.7 Å². The maximum absolute atomic E-state index is 4.37. The van der Waals surface area contributed by atoms with Gasteiger partial charge in [0, 0.05) is 22.8 Å². The van der Waals surface area contributed by atoms with Crippen LogP contribution in [0.1, 0.15) is 12.7 Å². The van der Waals surface area contributed by atoms with E-state index in [4.69, 9.17) is 0 Å². The Morgan fingerprint density at radius 3 is 3.22 bits per heavy atom. The van der Waals surface area contributed by atoms with Gasteiger partial charge in [0.1, 0.15) is 12.1 Å². The number of fused-ring (bicyclic) bond motifs is 1. The van der Waals surface area contributed by atoms with E-state index in [1.54, 1.807) is 17.7 Å². The van der Waals surface area contributed by atoms with Crippen LogP contribution < -0.4 is 5.32 Å². The fourth-order valence-corrected chi connectivity index (χ4v) is 2.66. The number of thiophene rings is 1. The van der Waals surface area contributed by atoms with Crippen molar-refractivity contribution >= 4 is 27.2 Å². The molecular formula is C12H13N5S. The fraction of sp³-hybridized carbons (Fsp3) is 0.250. The van der Waals surface area contributed by atoms with Gasteiger partial charge in [-0.05, 0) is 24.4 Å². The molecule has 0 bridgehead atoms. The van der Waals surface area contributed by atoms with Gasteiger partial charge in [-0.3, -0.25) is 0 Å². The first-order chi connectivity index (χ1) is 8.88. The predicted molar refractivity (Wildman–Crippen MR) is 72.6 cm³/mol. The molecule has 0 fully saturated rings. The number of aryl methyl sites for hydroxylation is 1. The van der Waals surface area contributed by atoms with Gasteiger partial charge >= 0.3 is 0 Å². The molecule has 0 saturated heterocycles. The molecule has 3 aromatic rings. The number of hydrogen-bond acceptors (Lipinski definition) is 5. The number of aromatic nitrogens is 4. The average molecular weight is 259 g/mol. The highest BCUT2D eigenvalue weighted by molar-refractivity contribution is 7.17. The van der Waals surface area contributed by atoms with E-state index in [2.05, 4.69) is 38.9 Å². The molecule has 3 rings (SSSR count). The molecule has 0 aliphatic heterocycles. The summed E-state index contributed by atoms with van der Waals surface area (Å²) >= 11 is 1.72. The summed E-state index contributed by atoms with van der Waals surface area (Å²) in [7, 11) is 0. The Balaban J connectivity index is 1.83. The highest BCUT2D eigenvalue weighted by Gasteiger charge is 2.06. The Bertz CT molecular complexity index is 657. The van der Waals surface area contributed by atoms with Crippen molar-refractivity contribution in [3.8, 4) is 0 Å². The number of rotatable bonds is 4. The van der Waals surface area contributed by atoms with E-state index in [1.807, 2.05) is 16.8 Å². The van der Waals surface area contributed by atoms with Gasteiger partial charge in [-0.15, -0.1) is 21.5 Å². The molecule has 6 heteroatoms. The molecule has 92 valence electrons. The first kappa shape index (κ1) is 11.2. The van der Waals surface area contributed by atoms with Crippen LogP contribution in [0.4, 0.5) is 5.82 Å². The molecule has 0 radical (unpaired) electrons. The summed E-state index contributed by atoms with van der Waals surface area (Å²) in [6, 6.07) is 4.11. The van der Waals surface area contributed by atoms with E-state index >= 15 is 0 Å². The SMILES string of the molecule is CCn1cnnc1CNc1nccc2sccc12. The molecule has 0 aliphatic rings. The molecule has 0 atom stereocenters. The second kappa shape index (κ2) is 4.73. The van der Waals surface area contributed by atoms with Crippen molar-refractivity contribution in [3.05, 3.63) is 35.9 Å². The van der Waals surface area contributed by atoms with Gasteiger partial charge in [0.2, 0.25) is 0 Å². The van der Waals surface area contributed by atoms with Crippen LogP contribution in [-0.2, 0) is 13.1 Å². The standard InChI is InChI=1S/C12H13N5S/c1-2-17-8-15-16-11(17)7-14-12-9-4-6-18-10(9)3-5-13-12/h3-6,8H,2,7H2,1H3,(H,13,14). The maximum Gasteiger partial charge on any atom is 0.152 e. The van der Waals surface area contributed by atoms with Crippen LogP contribution in [0, 0.1) is 0 Å². The second-order valence-corrected chi connectivity index (χ2v) is 4.83. The van der Waals surface area contributed by atoms with Gasteiger partial charge in [0.15, 0.2) is 5.82 Å². The lowest BCUT2D eigenvalue weighted by molar-refractivity contribution is 0.707. The largest absolute Gasteiger partial charge is 0.362 e. The Morgan fingerprint density at radius 1 is 1.39 bits per heavy atom. The van der Waals surface area contributed by atoms with Crippen LogP contribution in [0.2, 0.25) is 0 Å². The van der Waals surface area contributed by atoms with Crippen LogP contribution in [0.5, 0.6) is 0 Å². The summed E-state index contributed by atoms with van der Waals surface area (Å²) in [5.41, 5.74) is 0. The quantitative estimate of drug-likeness (QED) is 0.782. The normalized spacial score (nSPS) is 10.9. The molecule has 5 nitrogen and oxygen atoms in total. The highest BCUT2D eigenvalue weighted by Crippen LogP contribution is 2.25. The van der Waals surface area contributed by atoms with Gasteiger partial charge in [-0.2, -0.15) is 0 Å². The summed E-state index contributed by atoms with van der Waals surface area (Å²) in [4.78, 5) is 4.37. The van der Waals surface area contributed by atoms with Crippen molar-refractivity contribution in [1.29, 1.82) is 0 Å². The monoisotopic (exact) mass is 259 g/mol. The molecular weight excluding hydrogens is 246 g/mol. The first-order valence-electron chi connectivity index (χ1n) is 5.81.